The van der Waals surface area contributed by atoms with Gasteiger partial charge in [0.25, 0.3) is 11.8 Å². The minimum Gasteiger partial charge on any atom is -0.322 e. The van der Waals surface area contributed by atoms with Crippen molar-refractivity contribution in [3.63, 3.8) is 0 Å². The Morgan fingerprint density at radius 1 is 0.848 bits per heavy atom. The summed E-state index contributed by atoms with van der Waals surface area (Å²) in [5.74, 6) is 1.49. The lowest BCUT2D eigenvalue weighted by atomic mass is 10.1. The van der Waals surface area contributed by atoms with Crippen LogP contribution in [-0.2, 0) is 13.0 Å². The van der Waals surface area contributed by atoms with E-state index in [4.69, 9.17) is 0 Å². The third-order valence-corrected chi connectivity index (χ3v) is 6.51. The molecule has 2 aromatic heterocycles. The van der Waals surface area contributed by atoms with E-state index in [9.17, 15) is 9.59 Å². The topological polar surface area (TPSA) is 88.9 Å². The first-order chi connectivity index (χ1) is 16.2. The van der Waals surface area contributed by atoms with Crippen LogP contribution < -0.4 is 10.6 Å². The number of carbonyl (C=O) groups is 2. The Bertz CT molecular complexity index is 1280. The summed E-state index contributed by atoms with van der Waals surface area (Å²) in [5, 5.41) is 16.4. The molecule has 3 heterocycles. The number of amides is 2. The van der Waals surface area contributed by atoms with E-state index in [1.165, 1.54) is 17.8 Å². The molecule has 2 aromatic carbocycles. The zero-order valence-corrected chi connectivity index (χ0v) is 18.8. The van der Waals surface area contributed by atoms with Crippen LogP contribution in [0, 0.1) is 0 Å². The summed E-state index contributed by atoms with van der Waals surface area (Å²) >= 11 is 1.37. The fraction of sp³-hybridized carbons (Fsp3) is 0.200. The third-order valence-electron chi connectivity index (χ3n) is 5.64. The van der Waals surface area contributed by atoms with E-state index in [1.54, 1.807) is 30.3 Å². The maximum atomic E-state index is 12.8. The highest BCUT2D eigenvalue weighted by atomic mass is 32.1. The second kappa shape index (κ2) is 9.38. The van der Waals surface area contributed by atoms with E-state index in [2.05, 4.69) is 25.4 Å². The van der Waals surface area contributed by atoms with Gasteiger partial charge in [-0.2, -0.15) is 0 Å². The Morgan fingerprint density at radius 3 is 2.52 bits per heavy atom. The Labute approximate surface area is 195 Å². The molecule has 7 nitrogen and oxygen atoms in total. The molecule has 0 saturated carbocycles. The van der Waals surface area contributed by atoms with Gasteiger partial charge in [-0.1, -0.05) is 18.6 Å². The standard InChI is InChI=1S/C25H23N5O2S/c31-24(18-6-4-7-20(16-18)27-25(32)21-8-5-15-33-21)26-19-12-10-17(11-13-19)23-29-28-22-9-2-1-3-14-30(22)23/h4-8,10-13,15-16H,1-3,9,14H2,(H,26,31)(H,27,32). The molecule has 0 radical (unpaired) electrons. The first-order valence-corrected chi connectivity index (χ1v) is 11.8. The SMILES string of the molecule is O=C(Nc1ccc(-c2nnc3n2CCCCC3)cc1)c1cccc(NC(=O)c2cccs2)c1. The van der Waals surface area contributed by atoms with Gasteiger partial charge in [0.05, 0.1) is 4.88 Å². The molecule has 0 saturated heterocycles. The fourth-order valence-corrected chi connectivity index (χ4v) is 4.56. The Balaban J connectivity index is 1.27. The van der Waals surface area contributed by atoms with Crippen molar-refractivity contribution in [1.82, 2.24) is 14.8 Å². The summed E-state index contributed by atoms with van der Waals surface area (Å²) in [4.78, 5) is 25.7. The highest BCUT2D eigenvalue weighted by molar-refractivity contribution is 7.12. The molecule has 1 aliphatic rings. The van der Waals surface area contributed by atoms with Crippen LogP contribution in [0.3, 0.4) is 0 Å². The lowest BCUT2D eigenvalue weighted by Crippen LogP contribution is -2.14. The number of aromatic nitrogens is 3. The van der Waals surface area contributed by atoms with Gasteiger partial charge in [-0.3, -0.25) is 9.59 Å². The molecule has 0 bridgehead atoms. The average Bonchev–Trinajstić information content (AvgIpc) is 3.46. The summed E-state index contributed by atoms with van der Waals surface area (Å²) in [6.07, 6.45) is 4.47. The van der Waals surface area contributed by atoms with Crippen molar-refractivity contribution >= 4 is 34.5 Å². The monoisotopic (exact) mass is 457 g/mol. The van der Waals surface area contributed by atoms with Crippen molar-refractivity contribution in [3.8, 4) is 11.4 Å². The summed E-state index contributed by atoms with van der Waals surface area (Å²) in [7, 11) is 0. The highest BCUT2D eigenvalue weighted by Gasteiger charge is 2.16. The number of carbonyl (C=O) groups excluding carboxylic acids is 2. The lowest BCUT2D eigenvalue weighted by Gasteiger charge is -2.10. The Morgan fingerprint density at radius 2 is 1.70 bits per heavy atom. The highest BCUT2D eigenvalue weighted by Crippen LogP contribution is 2.24. The molecule has 5 rings (SSSR count). The van der Waals surface area contributed by atoms with E-state index < -0.39 is 0 Å². The fourth-order valence-electron chi connectivity index (χ4n) is 3.94. The summed E-state index contributed by atoms with van der Waals surface area (Å²) in [5.41, 5.74) is 2.70. The van der Waals surface area contributed by atoms with Crippen molar-refractivity contribution in [2.24, 2.45) is 0 Å². The maximum absolute atomic E-state index is 12.8. The first kappa shape index (κ1) is 21.1. The van der Waals surface area contributed by atoms with Gasteiger partial charge in [0.15, 0.2) is 5.82 Å². The molecule has 0 unspecified atom stereocenters. The third kappa shape index (κ3) is 4.70. The molecule has 0 spiro atoms. The van der Waals surface area contributed by atoms with Gasteiger partial charge in [-0.15, -0.1) is 21.5 Å². The number of hydrogen-bond donors (Lipinski definition) is 2. The minimum atomic E-state index is -0.244. The van der Waals surface area contributed by atoms with Crippen LogP contribution in [0.25, 0.3) is 11.4 Å². The number of fused-ring (bicyclic) bond motifs is 1. The van der Waals surface area contributed by atoms with Crippen molar-refractivity contribution < 1.29 is 9.59 Å². The predicted molar refractivity (Wildman–Crippen MR) is 130 cm³/mol. The molecule has 0 atom stereocenters. The summed E-state index contributed by atoms with van der Waals surface area (Å²) < 4.78 is 2.20. The lowest BCUT2D eigenvalue weighted by molar-refractivity contribution is 0.101. The molecule has 33 heavy (non-hydrogen) atoms. The van der Waals surface area contributed by atoms with Gasteiger partial charge in [0.1, 0.15) is 5.82 Å². The van der Waals surface area contributed by atoms with Crippen molar-refractivity contribution in [2.45, 2.75) is 32.2 Å². The molecule has 1 aliphatic heterocycles. The van der Waals surface area contributed by atoms with Crippen LogP contribution in [0.15, 0.2) is 66.0 Å². The zero-order chi connectivity index (χ0) is 22.6. The predicted octanol–water partition coefficient (Wildman–Crippen LogP) is 5.24. The number of nitrogens with one attached hydrogen (secondary N) is 2. The van der Waals surface area contributed by atoms with Crippen LogP contribution in [-0.4, -0.2) is 26.6 Å². The smallest absolute Gasteiger partial charge is 0.265 e. The van der Waals surface area contributed by atoms with Gasteiger partial charge in [0.2, 0.25) is 0 Å². The molecular weight excluding hydrogens is 434 g/mol. The average molecular weight is 458 g/mol. The van der Waals surface area contributed by atoms with Crippen molar-refractivity contribution in [1.29, 1.82) is 0 Å². The Kier molecular flexibility index (Phi) is 5.99. The largest absolute Gasteiger partial charge is 0.322 e. The van der Waals surface area contributed by atoms with Crippen molar-refractivity contribution in [3.05, 3.63) is 82.3 Å². The van der Waals surface area contributed by atoms with Crippen LogP contribution >= 0.6 is 11.3 Å². The van der Waals surface area contributed by atoms with Crippen molar-refractivity contribution in [2.75, 3.05) is 10.6 Å². The number of thiophene rings is 1. The van der Waals surface area contributed by atoms with Crippen LogP contribution in [0.4, 0.5) is 11.4 Å². The first-order valence-electron chi connectivity index (χ1n) is 11.0. The van der Waals surface area contributed by atoms with E-state index in [-0.39, 0.29) is 11.8 Å². The van der Waals surface area contributed by atoms with E-state index in [0.717, 1.165) is 43.0 Å². The van der Waals surface area contributed by atoms with Crippen LogP contribution in [0.1, 0.15) is 45.1 Å². The molecule has 0 aliphatic carbocycles. The number of benzene rings is 2. The van der Waals surface area contributed by atoms with E-state index in [0.29, 0.717) is 21.8 Å². The quantitative estimate of drug-likeness (QED) is 0.429. The number of nitrogens with zero attached hydrogens (tertiary/aromatic N) is 3. The molecular formula is C25H23N5O2S. The Hall–Kier alpha value is -3.78. The normalized spacial score (nSPS) is 13.1. The molecule has 2 N–H and O–H groups in total. The molecule has 2 amide bonds. The second-order valence-corrected chi connectivity index (χ2v) is 8.89. The van der Waals surface area contributed by atoms with Gasteiger partial charge in [0, 0.05) is 35.5 Å². The number of hydrogen-bond acceptors (Lipinski definition) is 5. The van der Waals surface area contributed by atoms with E-state index in [1.807, 2.05) is 35.7 Å². The summed E-state index contributed by atoms with van der Waals surface area (Å²) in [6.45, 7) is 0.940. The van der Waals surface area contributed by atoms with Crippen LogP contribution in [0.5, 0.6) is 0 Å². The van der Waals surface area contributed by atoms with Gasteiger partial charge in [-0.25, -0.2) is 0 Å². The van der Waals surface area contributed by atoms with Gasteiger partial charge in [-0.05, 0) is 66.8 Å². The zero-order valence-electron chi connectivity index (χ0n) is 18.0. The molecule has 0 fully saturated rings. The van der Waals surface area contributed by atoms with Crippen LogP contribution in [0.2, 0.25) is 0 Å². The maximum Gasteiger partial charge on any atom is 0.265 e. The molecule has 8 heteroatoms. The summed E-state index contributed by atoms with van der Waals surface area (Å²) in [6, 6.07) is 18.1. The van der Waals surface area contributed by atoms with E-state index >= 15 is 0 Å². The second-order valence-electron chi connectivity index (χ2n) is 7.95. The van der Waals surface area contributed by atoms with Gasteiger partial charge >= 0.3 is 0 Å². The number of rotatable bonds is 5. The molecule has 4 aromatic rings. The minimum absolute atomic E-state index is 0.190. The number of anilines is 2. The van der Waals surface area contributed by atoms with Gasteiger partial charge < -0.3 is 15.2 Å². The molecule has 166 valence electrons. The number of aryl methyl sites for hydroxylation is 1.